The standard InChI is InChI=1S/C9H10BrNO2S/c10-6-2-1-3-7(4-6)14-5-8(11)9(12)13/h1-4,8H,5,11H2,(H,12,13). The van der Waals surface area contributed by atoms with Gasteiger partial charge < -0.3 is 10.8 Å². The van der Waals surface area contributed by atoms with E-state index in [1.54, 1.807) is 0 Å². The molecule has 5 heteroatoms. The number of thioether (sulfide) groups is 1. The zero-order valence-electron chi connectivity index (χ0n) is 7.31. The van der Waals surface area contributed by atoms with E-state index in [2.05, 4.69) is 15.9 Å². The van der Waals surface area contributed by atoms with Crippen LogP contribution >= 0.6 is 27.7 Å². The summed E-state index contributed by atoms with van der Waals surface area (Å²) in [5, 5.41) is 8.57. The van der Waals surface area contributed by atoms with Crippen molar-refractivity contribution in [2.75, 3.05) is 5.75 Å². The van der Waals surface area contributed by atoms with E-state index >= 15 is 0 Å². The Balaban J connectivity index is 2.49. The molecular weight excluding hydrogens is 266 g/mol. The topological polar surface area (TPSA) is 63.3 Å². The van der Waals surface area contributed by atoms with Gasteiger partial charge in [0.1, 0.15) is 6.04 Å². The number of aliphatic carboxylic acids is 1. The summed E-state index contributed by atoms with van der Waals surface area (Å²) >= 11 is 4.77. The molecule has 0 aliphatic rings. The molecule has 3 nitrogen and oxygen atoms in total. The lowest BCUT2D eigenvalue weighted by Gasteiger charge is -2.05. The summed E-state index contributed by atoms with van der Waals surface area (Å²) in [5.74, 6) is -0.585. The van der Waals surface area contributed by atoms with Crippen molar-refractivity contribution >= 4 is 33.7 Å². The number of carbonyl (C=O) groups is 1. The molecule has 1 rings (SSSR count). The molecule has 0 saturated carbocycles. The number of carboxylic acid groups (broad SMARTS) is 1. The van der Waals surface area contributed by atoms with E-state index in [0.717, 1.165) is 9.37 Å². The maximum atomic E-state index is 10.4. The quantitative estimate of drug-likeness (QED) is 0.825. The zero-order chi connectivity index (χ0) is 10.6. The molecule has 0 radical (unpaired) electrons. The summed E-state index contributed by atoms with van der Waals surface area (Å²) in [4.78, 5) is 11.5. The van der Waals surface area contributed by atoms with Crippen LogP contribution in [0.3, 0.4) is 0 Å². The summed E-state index contributed by atoms with van der Waals surface area (Å²) in [6.45, 7) is 0. The van der Waals surface area contributed by atoms with Crippen molar-refractivity contribution in [3.8, 4) is 0 Å². The van der Waals surface area contributed by atoms with E-state index in [0.29, 0.717) is 5.75 Å². The summed E-state index contributed by atoms with van der Waals surface area (Å²) < 4.78 is 0.978. The third kappa shape index (κ3) is 3.69. The first-order valence-corrected chi connectivity index (χ1v) is 5.74. The fourth-order valence-electron chi connectivity index (χ4n) is 0.814. The van der Waals surface area contributed by atoms with Gasteiger partial charge in [-0.1, -0.05) is 22.0 Å². The van der Waals surface area contributed by atoms with Crippen molar-refractivity contribution in [3.05, 3.63) is 28.7 Å². The molecule has 1 aromatic rings. The van der Waals surface area contributed by atoms with Crippen LogP contribution in [0, 0.1) is 0 Å². The average molecular weight is 276 g/mol. The first-order valence-electron chi connectivity index (χ1n) is 3.96. The number of hydrogen-bond donors (Lipinski definition) is 2. The van der Waals surface area contributed by atoms with Gasteiger partial charge in [-0.3, -0.25) is 4.79 Å². The van der Waals surface area contributed by atoms with Crippen LogP contribution in [-0.4, -0.2) is 22.9 Å². The fourth-order valence-corrected chi connectivity index (χ4v) is 2.26. The van der Waals surface area contributed by atoms with Gasteiger partial charge in [0, 0.05) is 15.1 Å². The number of rotatable bonds is 4. The van der Waals surface area contributed by atoms with Crippen LogP contribution in [0.1, 0.15) is 0 Å². The van der Waals surface area contributed by atoms with Crippen LogP contribution in [0.2, 0.25) is 0 Å². The Morgan fingerprint density at radius 2 is 2.36 bits per heavy atom. The molecule has 0 saturated heterocycles. The third-order valence-corrected chi connectivity index (χ3v) is 3.15. The highest BCUT2D eigenvalue weighted by Crippen LogP contribution is 2.22. The van der Waals surface area contributed by atoms with Crippen LogP contribution in [0.15, 0.2) is 33.6 Å². The molecule has 0 bridgehead atoms. The molecule has 0 aliphatic heterocycles. The molecule has 1 atom stereocenters. The smallest absolute Gasteiger partial charge is 0.321 e. The average Bonchev–Trinajstić information content (AvgIpc) is 2.14. The summed E-state index contributed by atoms with van der Waals surface area (Å²) in [5.41, 5.74) is 5.37. The summed E-state index contributed by atoms with van der Waals surface area (Å²) in [6.07, 6.45) is 0. The van der Waals surface area contributed by atoms with Gasteiger partial charge in [0.25, 0.3) is 0 Å². The van der Waals surface area contributed by atoms with Gasteiger partial charge >= 0.3 is 5.97 Å². The van der Waals surface area contributed by atoms with Crippen molar-refractivity contribution in [2.45, 2.75) is 10.9 Å². The number of halogens is 1. The Morgan fingerprint density at radius 3 is 2.93 bits per heavy atom. The monoisotopic (exact) mass is 275 g/mol. The molecule has 14 heavy (non-hydrogen) atoms. The third-order valence-electron chi connectivity index (χ3n) is 1.54. The highest BCUT2D eigenvalue weighted by Gasteiger charge is 2.11. The lowest BCUT2D eigenvalue weighted by molar-refractivity contribution is -0.137. The molecule has 0 heterocycles. The van der Waals surface area contributed by atoms with E-state index < -0.39 is 12.0 Å². The van der Waals surface area contributed by atoms with E-state index in [-0.39, 0.29) is 0 Å². The number of nitrogens with two attached hydrogens (primary N) is 1. The molecule has 3 N–H and O–H groups in total. The van der Waals surface area contributed by atoms with Crippen molar-refractivity contribution in [2.24, 2.45) is 5.73 Å². The maximum Gasteiger partial charge on any atom is 0.321 e. The predicted octanol–water partition coefficient (Wildman–Crippen LogP) is 1.95. The van der Waals surface area contributed by atoms with Gasteiger partial charge in [0.05, 0.1) is 0 Å². The molecule has 76 valence electrons. The Morgan fingerprint density at radius 1 is 1.64 bits per heavy atom. The minimum Gasteiger partial charge on any atom is -0.480 e. The number of carboxylic acids is 1. The largest absolute Gasteiger partial charge is 0.480 e. The van der Waals surface area contributed by atoms with Crippen LogP contribution in [0.4, 0.5) is 0 Å². The van der Waals surface area contributed by atoms with E-state index in [1.807, 2.05) is 24.3 Å². The SMILES string of the molecule is NC(CSc1cccc(Br)c1)C(=O)O. The maximum absolute atomic E-state index is 10.4. The fraction of sp³-hybridized carbons (Fsp3) is 0.222. The van der Waals surface area contributed by atoms with Crippen LogP contribution < -0.4 is 5.73 Å². The zero-order valence-corrected chi connectivity index (χ0v) is 9.72. The van der Waals surface area contributed by atoms with Gasteiger partial charge in [-0.25, -0.2) is 0 Å². The second kappa shape index (κ2) is 5.38. The molecule has 0 aromatic heterocycles. The lowest BCUT2D eigenvalue weighted by atomic mass is 10.4. The minimum atomic E-state index is -0.965. The van der Waals surface area contributed by atoms with Gasteiger partial charge in [-0.15, -0.1) is 11.8 Å². The minimum absolute atomic E-state index is 0.381. The van der Waals surface area contributed by atoms with Gasteiger partial charge in [-0.05, 0) is 18.2 Å². The molecule has 0 spiro atoms. The van der Waals surface area contributed by atoms with Gasteiger partial charge in [0.15, 0.2) is 0 Å². The van der Waals surface area contributed by atoms with Crippen molar-refractivity contribution < 1.29 is 9.90 Å². The van der Waals surface area contributed by atoms with Gasteiger partial charge in [0.2, 0.25) is 0 Å². The van der Waals surface area contributed by atoms with Crippen LogP contribution in [-0.2, 0) is 4.79 Å². The molecule has 1 unspecified atom stereocenters. The Hall–Kier alpha value is -0.520. The molecule has 1 aromatic carbocycles. The normalized spacial score (nSPS) is 12.4. The van der Waals surface area contributed by atoms with Crippen molar-refractivity contribution in [1.29, 1.82) is 0 Å². The molecular formula is C9H10BrNO2S. The Labute approximate surface area is 94.8 Å². The van der Waals surface area contributed by atoms with Crippen LogP contribution in [0.5, 0.6) is 0 Å². The molecule has 0 amide bonds. The van der Waals surface area contributed by atoms with E-state index in [9.17, 15) is 4.79 Å². The highest BCUT2D eigenvalue weighted by atomic mass is 79.9. The van der Waals surface area contributed by atoms with Crippen LogP contribution in [0.25, 0.3) is 0 Å². The highest BCUT2D eigenvalue weighted by molar-refractivity contribution is 9.10. The lowest BCUT2D eigenvalue weighted by Crippen LogP contribution is -2.32. The van der Waals surface area contributed by atoms with Gasteiger partial charge in [-0.2, -0.15) is 0 Å². The second-order valence-corrected chi connectivity index (χ2v) is 4.72. The van der Waals surface area contributed by atoms with Crippen molar-refractivity contribution in [1.82, 2.24) is 0 Å². The Bertz CT molecular complexity index is 332. The predicted molar refractivity (Wildman–Crippen MR) is 60.5 cm³/mol. The number of benzene rings is 1. The van der Waals surface area contributed by atoms with Crippen molar-refractivity contribution in [3.63, 3.8) is 0 Å². The second-order valence-electron chi connectivity index (χ2n) is 2.71. The number of hydrogen-bond acceptors (Lipinski definition) is 3. The summed E-state index contributed by atoms with van der Waals surface area (Å²) in [6, 6.07) is 6.86. The molecule has 0 fully saturated rings. The molecule has 0 aliphatic carbocycles. The summed E-state index contributed by atoms with van der Waals surface area (Å²) in [7, 11) is 0. The van der Waals surface area contributed by atoms with E-state index in [1.165, 1.54) is 11.8 Å². The Kier molecular flexibility index (Phi) is 4.44. The van der Waals surface area contributed by atoms with E-state index in [4.69, 9.17) is 10.8 Å². The first kappa shape index (κ1) is 11.6. The first-order chi connectivity index (χ1) is 6.59.